The van der Waals surface area contributed by atoms with Crippen molar-refractivity contribution < 1.29 is 13.2 Å². The molecule has 1 amide bonds. The van der Waals surface area contributed by atoms with E-state index in [1.807, 2.05) is 32.0 Å². The maximum atomic E-state index is 13.5. The summed E-state index contributed by atoms with van der Waals surface area (Å²) in [5.41, 5.74) is 3.59. The van der Waals surface area contributed by atoms with Crippen molar-refractivity contribution in [3.05, 3.63) is 90.0 Å². The van der Waals surface area contributed by atoms with Crippen LogP contribution in [0.25, 0.3) is 0 Å². The minimum atomic E-state index is -3.92. The zero-order chi connectivity index (χ0) is 25.7. The van der Waals surface area contributed by atoms with Gasteiger partial charge in [-0.3, -0.25) is 9.10 Å². The molecule has 1 unspecified atom stereocenters. The fourth-order valence-corrected chi connectivity index (χ4v) is 5.91. The normalized spacial score (nSPS) is 15.4. The molecule has 0 spiro atoms. The number of anilines is 2. The summed E-state index contributed by atoms with van der Waals surface area (Å²) in [5, 5.41) is 2.98. The number of piperidine rings is 1. The Morgan fingerprint density at radius 2 is 1.58 bits per heavy atom. The van der Waals surface area contributed by atoms with Crippen LogP contribution in [0.2, 0.25) is 0 Å². The largest absolute Gasteiger partial charge is 0.372 e. The summed E-state index contributed by atoms with van der Waals surface area (Å²) in [6, 6.07) is 23.4. The van der Waals surface area contributed by atoms with Gasteiger partial charge in [0.25, 0.3) is 10.0 Å². The first-order valence-electron chi connectivity index (χ1n) is 12.5. The van der Waals surface area contributed by atoms with E-state index >= 15 is 0 Å². The monoisotopic (exact) mass is 505 g/mol. The number of amides is 1. The van der Waals surface area contributed by atoms with E-state index in [0.717, 1.165) is 30.1 Å². The van der Waals surface area contributed by atoms with Crippen molar-refractivity contribution >= 4 is 27.3 Å². The lowest BCUT2D eigenvalue weighted by Crippen LogP contribution is -2.41. The highest BCUT2D eigenvalue weighted by molar-refractivity contribution is 7.92. The van der Waals surface area contributed by atoms with E-state index in [9.17, 15) is 13.2 Å². The third kappa shape index (κ3) is 6.08. The lowest BCUT2D eigenvalue weighted by molar-refractivity contribution is -0.120. The number of nitrogens with zero attached hydrogens (tertiary/aromatic N) is 2. The molecule has 1 aliphatic heterocycles. The number of sulfonamides is 1. The summed E-state index contributed by atoms with van der Waals surface area (Å²) < 4.78 is 28.1. The second-order valence-electron chi connectivity index (χ2n) is 9.71. The van der Waals surface area contributed by atoms with Gasteiger partial charge in [0.2, 0.25) is 5.91 Å². The fraction of sp³-hybridized carbons (Fsp3) is 0.345. The number of carbonyl (C=O) groups is 1. The Kier molecular flexibility index (Phi) is 7.99. The molecule has 1 fully saturated rings. The molecule has 3 aromatic rings. The molecule has 1 atom stereocenters. The molecule has 0 aromatic heterocycles. The van der Waals surface area contributed by atoms with Crippen LogP contribution in [-0.2, 0) is 14.8 Å². The minimum absolute atomic E-state index is 0.153. The first kappa shape index (κ1) is 25.8. The molecule has 1 saturated heterocycles. The Hall–Kier alpha value is -3.32. The second-order valence-corrected chi connectivity index (χ2v) is 11.6. The van der Waals surface area contributed by atoms with Gasteiger partial charge >= 0.3 is 0 Å². The van der Waals surface area contributed by atoms with Gasteiger partial charge < -0.3 is 10.2 Å². The SMILES string of the molecule is Cc1ccc(S(=O)(=O)N(CC(=O)NC(C)c2ccc(N3CCC(C)CC3)cc2)c2ccccc2)cc1. The second kappa shape index (κ2) is 11.2. The number of benzene rings is 3. The van der Waals surface area contributed by atoms with Gasteiger partial charge in [-0.2, -0.15) is 0 Å². The smallest absolute Gasteiger partial charge is 0.264 e. The van der Waals surface area contributed by atoms with Crippen LogP contribution in [0.3, 0.4) is 0 Å². The number of nitrogens with one attached hydrogen (secondary N) is 1. The van der Waals surface area contributed by atoms with E-state index in [4.69, 9.17) is 0 Å². The Balaban J connectivity index is 1.47. The van der Waals surface area contributed by atoms with Crippen LogP contribution < -0.4 is 14.5 Å². The molecule has 4 rings (SSSR count). The highest BCUT2D eigenvalue weighted by Gasteiger charge is 2.27. The van der Waals surface area contributed by atoms with Crippen molar-refractivity contribution in [2.45, 2.75) is 44.6 Å². The average Bonchev–Trinajstić information content (AvgIpc) is 2.88. The number of aryl methyl sites for hydroxylation is 1. The molecule has 1 N–H and O–H groups in total. The molecule has 0 radical (unpaired) electrons. The summed E-state index contributed by atoms with van der Waals surface area (Å²) in [6.07, 6.45) is 2.41. The van der Waals surface area contributed by atoms with Crippen molar-refractivity contribution in [2.75, 3.05) is 28.8 Å². The molecule has 1 heterocycles. The lowest BCUT2D eigenvalue weighted by Gasteiger charge is -2.32. The van der Waals surface area contributed by atoms with Gasteiger partial charge in [-0.15, -0.1) is 0 Å². The standard InChI is InChI=1S/C29H35N3O3S/c1-22-9-15-28(16-10-22)36(34,35)32(27-7-5-4-6-8-27)21-29(33)30-24(3)25-11-13-26(14-12-25)31-19-17-23(2)18-20-31/h4-16,23-24H,17-21H2,1-3H3,(H,30,33). The van der Waals surface area contributed by atoms with Crippen LogP contribution in [0, 0.1) is 12.8 Å². The van der Waals surface area contributed by atoms with Gasteiger partial charge in [0.05, 0.1) is 16.6 Å². The maximum absolute atomic E-state index is 13.5. The van der Waals surface area contributed by atoms with E-state index in [1.165, 1.54) is 22.8 Å². The quantitative estimate of drug-likeness (QED) is 0.451. The van der Waals surface area contributed by atoms with E-state index in [2.05, 4.69) is 29.3 Å². The summed E-state index contributed by atoms with van der Waals surface area (Å²) in [5.74, 6) is 0.414. The number of hydrogen-bond acceptors (Lipinski definition) is 4. The highest BCUT2D eigenvalue weighted by Crippen LogP contribution is 2.26. The molecular formula is C29H35N3O3S. The Morgan fingerprint density at radius 3 is 2.19 bits per heavy atom. The molecule has 0 bridgehead atoms. The van der Waals surface area contributed by atoms with Gasteiger partial charge in [0, 0.05) is 18.8 Å². The first-order chi connectivity index (χ1) is 17.2. The molecule has 1 aliphatic rings. The third-order valence-corrected chi connectivity index (χ3v) is 8.65. The molecule has 0 aliphatic carbocycles. The number of carbonyl (C=O) groups excluding carboxylic acids is 1. The van der Waals surface area contributed by atoms with Gasteiger partial charge in [-0.1, -0.05) is 55.0 Å². The van der Waals surface area contributed by atoms with Crippen LogP contribution in [0.1, 0.15) is 43.9 Å². The van der Waals surface area contributed by atoms with E-state index in [-0.39, 0.29) is 23.4 Å². The Morgan fingerprint density at radius 1 is 0.972 bits per heavy atom. The molecule has 7 heteroatoms. The van der Waals surface area contributed by atoms with Gasteiger partial charge in [-0.05, 0) is 74.6 Å². The summed E-state index contributed by atoms with van der Waals surface area (Å²) >= 11 is 0. The molecule has 3 aromatic carbocycles. The lowest BCUT2D eigenvalue weighted by atomic mass is 9.98. The van der Waals surface area contributed by atoms with Crippen molar-refractivity contribution in [3.8, 4) is 0 Å². The van der Waals surface area contributed by atoms with E-state index in [0.29, 0.717) is 5.69 Å². The Bertz CT molecular complexity index is 1250. The number of hydrogen-bond donors (Lipinski definition) is 1. The van der Waals surface area contributed by atoms with E-state index in [1.54, 1.807) is 48.5 Å². The summed E-state index contributed by atoms with van der Waals surface area (Å²) in [7, 11) is -3.92. The van der Waals surface area contributed by atoms with Crippen molar-refractivity contribution in [1.29, 1.82) is 0 Å². The van der Waals surface area contributed by atoms with Gasteiger partial charge in [-0.25, -0.2) is 8.42 Å². The third-order valence-electron chi connectivity index (χ3n) is 6.86. The van der Waals surface area contributed by atoms with Crippen molar-refractivity contribution in [1.82, 2.24) is 5.32 Å². The topological polar surface area (TPSA) is 69.7 Å². The Labute approximate surface area is 215 Å². The average molecular weight is 506 g/mol. The molecular weight excluding hydrogens is 470 g/mol. The summed E-state index contributed by atoms with van der Waals surface area (Å²) in [6.45, 7) is 7.94. The van der Waals surface area contributed by atoms with Crippen LogP contribution >= 0.6 is 0 Å². The van der Waals surface area contributed by atoms with Crippen molar-refractivity contribution in [2.24, 2.45) is 5.92 Å². The maximum Gasteiger partial charge on any atom is 0.264 e. The van der Waals surface area contributed by atoms with Crippen molar-refractivity contribution in [3.63, 3.8) is 0 Å². The zero-order valence-corrected chi connectivity index (χ0v) is 22.0. The fourth-order valence-electron chi connectivity index (χ4n) is 4.49. The molecule has 6 nitrogen and oxygen atoms in total. The van der Waals surface area contributed by atoms with Crippen LogP contribution in [-0.4, -0.2) is 34.0 Å². The first-order valence-corrected chi connectivity index (χ1v) is 14.0. The van der Waals surface area contributed by atoms with E-state index < -0.39 is 10.0 Å². The predicted octanol–water partition coefficient (Wildman–Crippen LogP) is 5.30. The number of para-hydroxylation sites is 1. The van der Waals surface area contributed by atoms with Gasteiger partial charge in [0.1, 0.15) is 6.54 Å². The van der Waals surface area contributed by atoms with Crippen LogP contribution in [0.15, 0.2) is 83.8 Å². The predicted molar refractivity (Wildman–Crippen MR) is 146 cm³/mol. The van der Waals surface area contributed by atoms with Crippen LogP contribution in [0.5, 0.6) is 0 Å². The molecule has 36 heavy (non-hydrogen) atoms. The molecule has 0 saturated carbocycles. The zero-order valence-electron chi connectivity index (χ0n) is 21.2. The summed E-state index contributed by atoms with van der Waals surface area (Å²) in [4.78, 5) is 15.6. The van der Waals surface area contributed by atoms with Crippen LogP contribution in [0.4, 0.5) is 11.4 Å². The highest BCUT2D eigenvalue weighted by atomic mass is 32.2. The number of rotatable bonds is 8. The molecule has 190 valence electrons. The van der Waals surface area contributed by atoms with Gasteiger partial charge in [0.15, 0.2) is 0 Å². The minimum Gasteiger partial charge on any atom is -0.372 e.